The Bertz CT molecular complexity index is 185. The first kappa shape index (κ1) is 9.24. The minimum Gasteiger partial charge on any atom is -0.295 e. The molecule has 0 unspecified atom stereocenters. The Morgan fingerprint density at radius 3 is 2.67 bits per heavy atom. The smallest absolute Gasteiger partial charge is 0.155 e. The fourth-order valence-electron chi connectivity index (χ4n) is 1.74. The number of hydrogen-bond donors (Lipinski definition) is 0. The Hall–Kier alpha value is -0.850. The highest BCUT2D eigenvalue weighted by molar-refractivity contribution is 5.90. The van der Waals surface area contributed by atoms with Crippen LogP contribution in [0.4, 0.5) is 0 Å². The van der Waals surface area contributed by atoms with E-state index in [4.69, 9.17) is 0 Å². The lowest BCUT2D eigenvalue weighted by Crippen LogP contribution is -2.01. The Balaban J connectivity index is 2.25. The van der Waals surface area contributed by atoms with E-state index in [1.165, 1.54) is 25.7 Å². The predicted octanol–water partition coefficient (Wildman–Crippen LogP) is 2.88. The Morgan fingerprint density at radius 2 is 2.08 bits per heavy atom. The van der Waals surface area contributed by atoms with E-state index in [0.29, 0.717) is 5.92 Å². The lowest BCUT2D eigenvalue weighted by molar-refractivity contribution is -0.115. The van der Waals surface area contributed by atoms with Crippen molar-refractivity contribution in [3.8, 4) is 0 Å². The van der Waals surface area contributed by atoms with Crippen LogP contribution in [0, 0.1) is 5.92 Å². The molecule has 0 bridgehead atoms. The second-order valence-corrected chi connectivity index (χ2v) is 3.42. The van der Waals surface area contributed by atoms with Gasteiger partial charge in [0.25, 0.3) is 0 Å². The monoisotopic (exact) mass is 164 g/mol. The van der Waals surface area contributed by atoms with E-state index in [1.807, 2.05) is 0 Å². The third-order valence-electron chi connectivity index (χ3n) is 2.38. The Morgan fingerprint density at radius 1 is 1.42 bits per heavy atom. The van der Waals surface area contributed by atoms with Crippen molar-refractivity contribution < 1.29 is 4.79 Å². The van der Waals surface area contributed by atoms with Crippen molar-refractivity contribution in [3.63, 3.8) is 0 Å². The second kappa shape index (κ2) is 4.91. The van der Waals surface area contributed by atoms with Crippen molar-refractivity contribution in [2.75, 3.05) is 0 Å². The van der Waals surface area contributed by atoms with Gasteiger partial charge in [-0.3, -0.25) is 4.79 Å². The van der Waals surface area contributed by atoms with Gasteiger partial charge in [0, 0.05) is 6.42 Å². The maximum absolute atomic E-state index is 11.2. The first-order chi connectivity index (χ1) is 5.83. The molecule has 0 aromatic heterocycles. The molecule has 0 heterocycles. The van der Waals surface area contributed by atoms with Gasteiger partial charge in [-0.25, -0.2) is 0 Å². The second-order valence-electron chi connectivity index (χ2n) is 3.42. The maximum atomic E-state index is 11.2. The van der Waals surface area contributed by atoms with Crippen molar-refractivity contribution in [1.29, 1.82) is 0 Å². The highest BCUT2D eigenvalue weighted by Crippen LogP contribution is 2.27. The molecule has 1 aliphatic carbocycles. The molecule has 1 saturated carbocycles. The number of ketones is 1. The summed E-state index contributed by atoms with van der Waals surface area (Å²) in [6.07, 6.45) is 10.8. The first-order valence-electron chi connectivity index (χ1n) is 4.65. The summed E-state index contributed by atoms with van der Waals surface area (Å²) in [5, 5.41) is 0. The van der Waals surface area contributed by atoms with Crippen molar-refractivity contribution in [1.82, 2.24) is 0 Å². The van der Waals surface area contributed by atoms with E-state index >= 15 is 0 Å². The quantitative estimate of drug-likeness (QED) is 0.461. The largest absolute Gasteiger partial charge is 0.295 e. The van der Waals surface area contributed by atoms with Crippen LogP contribution in [0.25, 0.3) is 0 Å². The van der Waals surface area contributed by atoms with Crippen molar-refractivity contribution in [2.45, 2.75) is 32.1 Å². The molecule has 0 atom stereocenters. The van der Waals surface area contributed by atoms with Crippen molar-refractivity contribution in [2.24, 2.45) is 5.92 Å². The molecule has 1 rings (SSSR count). The van der Waals surface area contributed by atoms with Crippen molar-refractivity contribution in [3.05, 3.63) is 24.8 Å². The van der Waals surface area contributed by atoms with Gasteiger partial charge in [-0.15, -0.1) is 0 Å². The van der Waals surface area contributed by atoms with E-state index in [-0.39, 0.29) is 5.78 Å². The maximum Gasteiger partial charge on any atom is 0.155 e. The third-order valence-corrected chi connectivity index (χ3v) is 2.38. The molecule has 1 heteroatoms. The summed E-state index contributed by atoms with van der Waals surface area (Å²) in [7, 11) is 0. The van der Waals surface area contributed by atoms with Gasteiger partial charge in [0.2, 0.25) is 0 Å². The number of carbonyl (C=O) groups is 1. The molecule has 0 aromatic carbocycles. The molecular formula is C11H16O. The summed E-state index contributed by atoms with van der Waals surface area (Å²) in [4.78, 5) is 11.2. The van der Waals surface area contributed by atoms with Crippen LogP contribution in [0.3, 0.4) is 0 Å². The van der Waals surface area contributed by atoms with Crippen molar-refractivity contribution >= 4 is 5.78 Å². The molecule has 0 radical (unpaired) electrons. The molecule has 1 nitrogen and oxygen atoms in total. The average molecular weight is 164 g/mol. The van der Waals surface area contributed by atoms with Crippen LogP contribution in [0.1, 0.15) is 32.1 Å². The molecule has 12 heavy (non-hydrogen) atoms. The average Bonchev–Trinajstić information content (AvgIpc) is 2.53. The van der Waals surface area contributed by atoms with E-state index in [1.54, 1.807) is 18.2 Å². The lowest BCUT2D eigenvalue weighted by atomic mass is 10.0. The first-order valence-corrected chi connectivity index (χ1v) is 4.65. The number of carbonyl (C=O) groups excluding carboxylic acids is 1. The normalized spacial score (nSPS) is 18.7. The van der Waals surface area contributed by atoms with E-state index in [9.17, 15) is 4.79 Å². The highest BCUT2D eigenvalue weighted by Gasteiger charge is 2.16. The fraction of sp³-hybridized carbons (Fsp3) is 0.545. The van der Waals surface area contributed by atoms with Crippen LogP contribution in [0.2, 0.25) is 0 Å². The molecule has 0 aromatic rings. The summed E-state index contributed by atoms with van der Waals surface area (Å²) in [5.41, 5.74) is 0. The number of allylic oxidation sites excluding steroid dienone is 3. The van der Waals surface area contributed by atoms with Crippen LogP contribution < -0.4 is 0 Å². The number of hydrogen-bond acceptors (Lipinski definition) is 1. The summed E-state index contributed by atoms with van der Waals surface area (Å²) < 4.78 is 0. The molecule has 0 aliphatic heterocycles. The molecule has 0 saturated heterocycles. The van der Waals surface area contributed by atoms with E-state index in [2.05, 4.69) is 6.58 Å². The predicted molar refractivity (Wildman–Crippen MR) is 50.9 cm³/mol. The fourth-order valence-corrected chi connectivity index (χ4v) is 1.74. The van der Waals surface area contributed by atoms with E-state index in [0.717, 1.165) is 6.42 Å². The zero-order valence-electron chi connectivity index (χ0n) is 7.46. The summed E-state index contributed by atoms with van der Waals surface area (Å²) in [5.74, 6) is 0.911. The minimum atomic E-state index is 0.252. The van der Waals surface area contributed by atoms with Gasteiger partial charge in [0.1, 0.15) is 0 Å². The highest BCUT2D eigenvalue weighted by atomic mass is 16.1. The SMILES string of the molecule is C=CC=CC(=O)CC1CCCC1. The minimum absolute atomic E-state index is 0.252. The molecule has 0 N–H and O–H groups in total. The van der Waals surface area contributed by atoms with Crippen LogP contribution >= 0.6 is 0 Å². The standard InChI is InChI=1S/C11H16O/c1-2-3-8-11(12)9-10-6-4-5-7-10/h2-3,8,10H,1,4-7,9H2. The van der Waals surface area contributed by atoms with Gasteiger partial charge >= 0.3 is 0 Å². The van der Waals surface area contributed by atoms with Gasteiger partial charge in [-0.05, 0) is 12.0 Å². The van der Waals surface area contributed by atoms with Crippen LogP contribution in [-0.2, 0) is 4.79 Å². The summed E-state index contributed by atoms with van der Waals surface area (Å²) in [6.45, 7) is 3.53. The zero-order valence-corrected chi connectivity index (χ0v) is 7.46. The molecule has 1 aliphatic rings. The number of rotatable bonds is 4. The van der Waals surface area contributed by atoms with Crippen LogP contribution in [-0.4, -0.2) is 5.78 Å². The zero-order chi connectivity index (χ0) is 8.81. The van der Waals surface area contributed by atoms with Gasteiger partial charge in [-0.2, -0.15) is 0 Å². The van der Waals surface area contributed by atoms with Gasteiger partial charge in [0.05, 0.1) is 0 Å². The third kappa shape index (κ3) is 3.04. The van der Waals surface area contributed by atoms with Crippen LogP contribution in [0.15, 0.2) is 24.8 Å². The lowest BCUT2D eigenvalue weighted by Gasteiger charge is -2.03. The molecule has 0 amide bonds. The Kier molecular flexibility index (Phi) is 3.78. The summed E-state index contributed by atoms with van der Waals surface area (Å²) >= 11 is 0. The van der Waals surface area contributed by atoms with Gasteiger partial charge < -0.3 is 0 Å². The van der Waals surface area contributed by atoms with E-state index < -0.39 is 0 Å². The summed E-state index contributed by atoms with van der Waals surface area (Å²) in [6, 6.07) is 0. The molecule has 0 spiro atoms. The Labute approximate surface area is 74.2 Å². The molecule has 66 valence electrons. The van der Waals surface area contributed by atoms with Crippen LogP contribution in [0.5, 0.6) is 0 Å². The topological polar surface area (TPSA) is 17.1 Å². The van der Waals surface area contributed by atoms with Gasteiger partial charge in [-0.1, -0.05) is 44.4 Å². The molecular weight excluding hydrogens is 148 g/mol. The van der Waals surface area contributed by atoms with Gasteiger partial charge in [0.15, 0.2) is 5.78 Å². The molecule has 1 fully saturated rings.